The molecule has 0 saturated carbocycles. The molecule has 4 heteroatoms. The predicted molar refractivity (Wildman–Crippen MR) is 42.2 cm³/mol. The number of nitrogens with one attached hydrogen (secondary N) is 2. The smallest absolute Gasteiger partial charge is 0.0588 e. The van der Waals surface area contributed by atoms with Crippen LogP contribution >= 0.6 is 0 Å². The van der Waals surface area contributed by atoms with E-state index in [0.717, 1.165) is 12.1 Å². The van der Waals surface area contributed by atoms with Crippen LogP contribution in [0.2, 0.25) is 0 Å². The zero-order valence-electron chi connectivity index (χ0n) is 6.54. The van der Waals surface area contributed by atoms with E-state index in [-0.39, 0.29) is 12.6 Å². The Hall–Kier alpha value is -0.870. The number of H-pyrrole nitrogens is 1. The van der Waals surface area contributed by atoms with Gasteiger partial charge in [0.05, 0.1) is 6.61 Å². The number of aromatic amines is 1. The fraction of sp³-hybridized carbons (Fsp3) is 0.571. The summed E-state index contributed by atoms with van der Waals surface area (Å²) in [5.41, 5.74) is 1.04. The second-order valence-electron chi connectivity index (χ2n) is 2.45. The molecule has 0 aromatic carbocycles. The lowest BCUT2D eigenvalue weighted by molar-refractivity contribution is 0.247. The quantitative estimate of drug-likeness (QED) is 0.551. The van der Waals surface area contributed by atoms with Crippen molar-refractivity contribution in [1.82, 2.24) is 15.5 Å². The average molecular weight is 155 g/mol. The number of hydrogen-bond donors (Lipinski definition) is 3. The highest BCUT2D eigenvalue weighted by Gasteiger charge is 2.05. The van der Waals surface area contributed by atoms with E-state index < -0.39 is 0 Å². The molecule has 3 N–H and O–H groups in total. The van der Waals surface area contributed by atoms with Gasteiger partial charge in [-0.25, -0.2) is 0 Å². The van der Waals surface area contributed by atoms with Gasteiger partial charge in [0.1, 0.15) is 0 Å². The van der Waals surface area contributed by atoms with Gasteiger partial charge in [-0.2, -0.15) is 5.10 Å². The number of nitrogens with zero attached hydrogens (tertiary/aromatic N) is 1. The molecule has 0 aliphatic heterocycles. The van der Waals surface area contributed by atoms with Crippen molar-refractivity contribution in [3.8, 4) is 0 Å². The van der Waals surface area contributed by atoms with Gasteiger partial charge in [0.15, 0.2) is 0 Å². The first kappa shape index (κ1) is 8.23. The number of aliphatic hydroxyl groups excluding tert-OH is 1. The van der Waals surface area contributed by atoms with Crippen molar-refractivity contribution in [2.75, 3.05) is 13.7 Å². The molecule has 0 amide bonds. The summed E-state index contributed by atoms with van der Waals surface area (Å²) >= 11 is 0. The molecule has 11 heavy (non-hydrogen) atoms. The molecular formula is C7H13N3O. The van der Waals surface area contributed by atoms with Crippen LogP contribution in [0, 0.1) is 0 Å². The van der Waals surface area contributed by atoms with Crippen LogP contribution in [0.25, 0.3) is 0 Å². The minimum Gasteiger partial charge on any atom is -0.395 e. The maximum atomic E-state index is 8.83. The summed E-state index contributed by atoms with van der Waals surface area (Å²) in [6.45, 7) is 0.148. The number of aliphatic hydroxyl groups is 1. The van der Waals surface area contributed by atoms with E-state index in [1.165, 1.54) is 0 Å². The topological polar surface area (TPSA) is 60.9 Å². The molecule has 0 aliphatic carbocycles. The molecule has 1 aromatic rings. The Labute approximate surface area is 65.6 Å². The van der Waals surface area contributed by atoms with Crippen molar-refractivity contribution < 1.29 is 5.11 Å². The number of rotatable bonds is 4. The lowest BCUT2D eigenvalue weighted by atomic mass is 10.2. The monoisotopic (exact) mass is 155 g/mol. The minimum absolute atomic E-state index is 0.121. The third-order valence-corrected chi connectivity index (χ3v) is 1.65. The van der Waals surface area contributed by atoms with Crippen molar-refractivity contribution in [3.05, 3.63) is 18.0 Å². The van der Waals surface area contributed by atoms with Gasteiger partial charge in [-0.3, -0.25) is 5.10 Å². The molecule has 1 atom stereocenters. The average Bonchev–Trinajstić information content (AvgIpc) is 2.52. The highest BCUT2D eigenvalue weighted by Crippen LogP contribution is 1.96. The summed E-state index contributed by atoms with van der Waals surface area (Å²) in [7, 11) is 1.83. The fourth-order valence-electron chi connectivity index (χ4n) is 0.922. The number of aromatic nitrogens is 2. The molecule has 0 spiro atoms. The van der Waals surface area contributed by atoms with Gasteiger partial charge < -0.3 is 10.4 Å². The van der Waals surface area contributed by atoms with Gasteiger partial charge in [-0.15, -0.1) is 0 Å². The van der Waals surface area contributed by atoms with E-state index >= 15 is 0 Å². The summed E-state index contributed by atoms with van der Waals surface area (Å²) in [5.74, 6) is 0. The first-order chi connectivity index (χ1) is 5.36. The van der Waals surface area contributed by atoms with E-state index in [4.69, 9.17) is 5.11 Å². The van der Waals surface area contributed by atoms with Crippen molar-refractivity contribution in [2.45, 2.75) is 12.5 Å². The molecule has 4 nitrogen and oxygen atoms in total. The van der Waals surface area contributed by atoms with Crippen LogP contribution in [0.15, 0.2) is 12.3 Å². The van der Waals surface area contributed by atoms with Crippen LogP contribution in [0.4, 0.5) is 0 Å². The van der Waals surface area contributed by atoms with E-state index in [0.29, 0.717) is 0 Å². The number of hydrogen-bond acceptors (Lipinski definition) is 3. The van der Waals surface area contributed by atoms with Gasteiger partial charge in [0.2, 0.25) is 0 Å². The Kier molecular flexibility index (Phi) is 3.07. The Morgan fingerprint density at radius 3 is 3.09 bits per heavy atom. The van der Waals surface area contributed by atoms with Crippen molar-refractivity contribution in [3.63, 3.8) is 0 Å². The second kappa shape index (κ2) is 4.10. The van der Waals surface area contributed by atoms with Crippen LogP contribution in [0.5, 0.6) is 0 Å². The molecule has 0 fully saturated rings. The maximum absolute atomic E-state index is 8.83. The third kappa shape index (κ3) is 2.32. The Morgan fingerprint density at radius 1 is 1.82 bits per heavy atom. The third-order valence-electron chi connectivity index (χ3n) is 1.65. The molecule has 0 aliphatic rings. The molecule has 0 saturated heterocycles. The molecule has 1 rings (SSSR count). The van der Waals surface area contributed by atoms with Crippen LogP contribution in [0.1, 0.15) is 5.69 Å². The maximum Gasteiger partial charge on any atom is 0.0588 e. The highest BCUT2D eigenvalue weighted by molar-refractivity contribution is 4.99. The van der Waals surface area contributed by atoms with Crippen LogP contribution in [-0.2, 0) is 6.42 Å². The molecular weight excluding hydrogens is 142 g/mol. The van der Waals surface area contributed by atoms with Gasteiger partial charge in [0, 0.05) is 24.4 Å². The molecule has 0 unspecified atom stereocenters. The van der Waals surface area contributed by atoms with E-state index in [1.54, 1.807) is 6.20 Å². The van der Waals surface area contributed by atoms with Crippen LogP contribution < -0.4 is 5.32 Å². The Bertz CT molecular complexity index is 182. The predicted octanol–water partition coefficient (Wildman–Crippen LogP) is -0.468. The summed E-state index contributed by atoms with van der Waals surface area (Å²) < 4.78 is 0. The Morgan fingerprint density at radius 2 is 2.64 bits per heavy atom. The molecule has 0 bridgehead atoms. The Balaban J connectivity index is 2.41. The van der Waals surface area contributed by atoms with Crippen molar-refractivity contribution in [2.24, 2.45) is 0 Å². The van der Waals surface area contributed by atoms with E-state index in [1.807, 2.05) is 13.1 Å². The zero-order valence-corrected chi connectivity index (χ0v) is 6.54. The van der Waals surface area contributed by atoms with E-state index in [2.05, 4.69) is 15.5 Å². The van der Waals surface area contributed by atoms with Gasteiger partial charge >= 0.3 is 0 Å². The molecule has 1 heterocycles. The fourth-order valence-corrected chi connectivity index (χ4v) is 0.922. The molecule has 1 aromatic heterocycles. The standard InChI is InChI=1S/C7H13N3O/c1-8-7(5-11)4-6-2-3-9-10-6/h2-3,7-8,11H,4-5H2,1H3,(H,9,10)/t7-/m0/s1. The first-order valence-corrected chi connectivity index (χ1v) is 3.63. The zero-order chi connectivity index (χ0) is 8.10. The van der Waals surface area contributed by atoms with Crippen LogP contribution in [0.3, 0.4) is 0 Å². The highest BCUT2D eigenvalue weighted by atomic mass is 16.3. The van der Waals surface area contributed by atoms with Gasteiger partial charge in [0.25, 0.3) is 0 Å². The normalized spacial score (nSPS) is 13.3. The second-order valence-corrected chi connectivity index (χ2v) is 2.45. The SMILES string of the molecule is CN[C@H](CO)Cc1ccn[nH]1. The lowest BCUT2D eigenvalue weighted by Gasteiger charge is -2.10. The largest absolute Gasteiger partial charge is 0.395 e. The van der Waals surface area contributed by atoms with Crippen molar-refractivity contribution >= 4 is 0 Å². The van der Waals surface area contributed by atoms with E-state index in [9.17, 15) is 0 Å². The molecule has 0 radical (unpaired) electrons. The molecule has 62 valence electrons. The number of likely N-dealkylation sites (N-methyl/N-ethyl adjacent to an activating group) is 1. The van der Waals surface area contributed by atoms with Crippen LogP contribution in [-0.4, -0.2) is 35.0 Å². The first-order valence-electron chi connectivity index (χ1n) is 3.63. The summed E-state index contributed by atoms with van der Waals surface area (Å²) in [4.78, 5) is 0. The summed E-state index contributed by atoms with van der Waals surface area (Å²) in [5, 5.41) is 18.5. The summed E-state index contributed by atoms with van der Waals surface area (Å²) in [6, 6.07) is 2.02. The van der Waals surface area contributed by atoms with Crippen molar-refractivity contribution in [1.29, 1.82) is 0 Å². The van der Waals surface area contributed by atoms with Gasteiger partial charge in [-0.1, -0.05) is 0 Å². The minimum atomic E-state index is 0.121. The summed E-state index contributed by atoms with van der Waals surface area (Å²) in [6.07, 6.45) is 2.49. The van der Waals surface area contributed by atoms with Gasteiger partial charge in [-0.05, 0) is 13.1 Å². The lowest BCUT2D eigenvalue weighted by Crippen LogP contribution is -2.31.